The van der Waals surface area contributed by atoms with Crippen LogP contribution in [0.3, 0.4) is 0 Å². The number of hydrogen-bond acceptors (Lipinski definition) is 4. The van der Waals surface area contributed by atoms with Crippen molar-refractivity contribution in [1.29, 1.82) is 0 Å². The predicted molar refractivity (Wildman–Crippen MR) is 88.0 cm³/mol. The second-order valence-corrected chi connectivity index (χ2v) is 9.07. The molecule has 0 amide bonds. The van der Waals surface area contributed by atoms with Crippen LogP contribution >= 0.6 is 0 Å². The van der Waals surface area contributed by atoms with Crippen LogP contribution in [0, 0.1) is 11.3 Å². The van der Waals surface area contributed by atoms with Crippen LogP contribution in [0.15, 0.2) is 0 Å². The van der Waals surface area contributed by atoms with Gasteiger partial charge >= 0.3 is 5.97 Å². The first-order valence-corrected chi connectivity index (χ1v) is 9.25. The molecule has 4 atom stereocenters. The van der Waals surface area contributed by atoms with Crippen LogP contribution in [0.2, 0.25) is 0 Å². The van der Waals surface area contributed by atoms with E-state index in [1.807, 2.05) is 20.8 Å². The first kappa shape index (κ1) is 17.2. The summed E-state index contributed by atoms with van der Waals surface area (Å²) in [4.78, 5) is 12.7. The zero-order chi connectivity index (χ0) is 16.9. The van der Waals surface area contributed by atoms with E-state index in [1.165, 1.54) is 0 Å². The van der Waals surface area contributed by atoms with Crippen molar-refractivity contribution in [3.8, 4) is 0 Å². The molecular formula is C19H32O4. The van der Waals surface area contributed by atoms with Gasteiger partial charge in [0.15, 0.2) is 0 Å². The molecule has 4 unspecified atom stereocenters. The van der Waals surface area contributed by atoms with Gasteiger partial charge in [-0.05, 0) is 51.9 Å². The van der Waals surface area contributed by atoms with Gasteiger partial charge in [0, 0.05) is 25.9 Å². The number of hydrogen-bond donors (Lipinski definition) is 1. The molecule has 4 rings (SSSR count). The minimum absolute atomic E-state index is 0.129. The van der Waals surface area contributed by atoms with Gasteiger partial charge in [-0.25, -0.2) is 0 Å². The molecule has 4 nitrogen and oxygen atoms in total. The number of carbonyl (C=O) groups excluding carboxylic acids is 1. The van der Waals surface area contributed by atoms with E-state index in [0.29, 0.717) is 25.4 Å². The van der Waals surface area contributed by atoms with Crippen LogP contribution in [0.4, 0.5) is 0 Å². The molecule has 4 fully saturated rings. The lowest BCUT2D eigenvalue weighted by Gasteiger charge is -2.63. The summed E-state index contributed by atoms with van der Waals surface area (Å²) >= 11 is 0. The minimum atomic E-state index is -0.718. The molecule has 0 aromatic rings. The van der Waals surface area contributed by atoms with Crippen molar-refractivity contribution in [2.75, 3.05) is 6.61 Å². The monoisotopic (exact) mass is 324 g/mol. The molecule has 4 saturated carbocycles. The molecule has 0 heterocycles. The average Bonchev–Trinajstić information content (AvgIpc) is 2.42. The number of aliphatic hydroxyl groups is 1. The fourth-order valence-corrected chi connectivity index (χ4v) is 5.29. The van der Waals surface area contributed by atoms with Gasteiger partial charge < -0.3 is 14.6 Å². The van der Waals surface area contributed by atoms with Crippen molar-refractivity contribution in [2.45, 2.75) is 95.9 Å². The largest absolute Gasteiger partial charge is 0.458 e. The average molecular weight is 324 g/mol. The lowest BCUT2D eigenvalue weighted by Crippen LogP contribution is -2.68. The standard InChI is InChI=1S/C19H32O4/c1-5-7-22-18-9-14-8-17(21,11-18)12-19(10-14,13-18)23-15(20)16(3,4)6-2/h14,21H,5-13H2,1-4H3. The maximum Gasteiger partial charge on any atom is 0.312 e. The summed E-state index contributed by atoms with van der Waals surface area (Å²) in [5, 5.41) is 11.0. The van der Waals surface area contributed by atoms with Gasteiger partial charge in [-0.15, -0.1) is 0 Å². The molecule has 4 aliphatic rings. The van der Waals surface area contributed by atoms with E-state index in [1.54, 1.807) is 0 Å². The van der Waals surface area contributed by atoms with Crippen molar-refractivity contribution in [3.05, 3.63) is 0 Å². The van der Waals surface area contributed by atoms with E-state index < -0.39 is 16.6 Å². The Hall–Kier alpha value is -0.610. The summed E-state index contributed by atoms with van der Waals surface area (Å²) in [6, 6.07) is 0. The van der Waals surface area contributed by atoms with Crippen molar-refractivity contribution < 1.29 is 19.4 Å². The number of ether oxygens (including phenoxy) is 2. The Bertz CT molecular complexity index is 488. The second-order valence-electron chi connectivity index (χ2n) is 9.07. The summed E-state index contributed by atoms with van der Waals surface area (Å²) in [6.07, 6.45) is 6.49. The molecule has 4 aliphatic carbocycles. The van der Waals surface area contributed by atoms with E-state index in [0.717, 1.165) is 38.5 Å². The minimum Gasteiger partial charge on any atom is -0.458 e. The van der Waals surface area contributed by atoms with Gasteiger partial charge in [0.05, 0.1) is 16.6 Å². The third-order valence-corrected chi connectivity index (χ3v) is 6.29. The normalized spacial score (nSPS) is 42.0. The molecule has 0 radical (unpaired) electrons. The van der Waals surface area contributed by atoms with Crippen LogP contribution in [0.1, 0.15) is 79.1 Å². The topological polar surface area (TPSA) is 55.8 Å². The van der Waals surface area contributed by atoms with Crippen molar-refractivity contribution >= 4 is 5.97 Å². The van der Waals surface area contributed by atoms with E-state index in [-0.39, 0.29) is 11.6 Å². The van der Waals surface area contributed by atoms with E-state index in [2.05, 4.69) is 6.92 Å². The molecule has 132 valence electrons. The van der Waals surface area contributed by atoms with Crippen molar-refractivity contribution in [2.24, 2.45) is 11.3 Å². The van der Waals surface area contributed by atoms with Crippen LogP contribution in [0.25, 0.3) is 0 Å². The molecule has 4 heteroatoms. The molecule has 0 aromatic carbocycles. The lowest BCUT2D eigenvalue weighted by molar-refractivity contribution is -0.275. The van der Waals surface area contributed by atoms with Gasteiger partial charge in [-0.2, -0.15) is 0 Å². The summed E-state index contributed by atoms with van der Waals surface area (Å²) < 4.78 is 12.3. The van der Waals surface area contributed by atoms with Crippen LogP contribution in [-0.4, -0.2) is 34.5 Å². The van der Waals surface area contributed by atoms with Gasteiger partial charge in [0.2, 0.25) is 0 Å². The molecule has 0 aromatic heterocycles. The Morgan fingerprint density at radius 1 is 1.13 bits per heavy atom. The SMILES string of the molecule is CCCOC12CC3CC(O)(C1)CC(OC(=O)C(C)(C)CC)(C3)C2. The highest BCUT2D eigenvalue weighted by Crippen LogP contribution is 2.62. The third kappa shape index (κ3) is 3.05. The predicted octanol–water partition coefficient (Wildman–Crippen LogP) is 3.60. The quantitative estimate of drug-likeness (QED) is 0.759. The first-order chi connectivity index (χ1) is 10.7. The molecule has 4 bridgehead atoms. The van der Waals surface area contributed by atoms with Crippen molar-refractivity contribution in [1.82, 2.24) is 0 Å². The first-order valence-electron chi connectivity index (χ1n) is 9.25. The maximum absolute atomic E-state index is 12.7. The molecule has 23 heavy (non-hydrogen) atoms. The molecular weight excluding hydrogens is 292 g/mol. The molecule has 0 spiro atoms. The van der Waals surface area contributed by atoms with Crippen LogP contribution < -0.4 is 0 Å². The highest BCUT2D eigenvalue weighted by Gasteiger charge is 2.65. The Morgan fingerprint density at radius 2 is 1.78 bits per heavy atom. The molecule has 1 N–H and O–H groups in total. The fraction of sp³-hybridized carbons (Fsp3) is 0.947. The Morgan fingerprint density at radius 3 is 2.39 bits per heavy atom. The summed E-state index contributed by atoms with van der Waals surface area (Å²) in [6.45, 7) is 8.71. The van der Waals surface area contributed by atoms with Gasteiger partial charge in [-0.3, -0.25) is 4.79 Å². The smallest absolute Gasteiger partial charge is 0.312 e. The van der Waals surface area contributed by atoms with Crippen LogP contribution in [0.5, 0.6) is 0 Å². The van der Waals surface area contributed by atoms with E-state index >= 15 is 0 Å². The second kappa shape index (κ2) is 5.45. The highest BCUT2D eigenvalue weighted by molar-refractivity contribution is 5.76. The number of rotatable bonds is 6. The van der Waals surface area contributed by atoms with Gasteiger partial charge in [-0.1, -0.05) is 13.8 Å². The summed E-state index contributed by atoms with van der Waals surface area (Å²) in [5.41, 5.74) is -2.00. The number of carbonyl (C=O) groups is 1. The highest BCUT2D eigenvalue weighted by atomic mass is 16.6. The Balaban J connectivity index is 1.83. The summed E-state index contributed by atoms with van der Waals surface area (Å²) in [7, 11) is 0. The zero-order valence-electron chi connectivity index (χ0n) is 15.1. The zero-order valence-corrected chi connectivity index (χ0v) is 15.1. The van der Waals surface area contributed by atoms with Gasteiger partial charge in [0.25, 0.3) is 0 Å². The number of esters is 1. The van der Waals surface area contributed by atoms with Crippen molar-refractivity contribution in [3.63, 3.8) is 0 Å². The fourth-order valence-electron chi connectivity index (χ4n) is 5.29. The maximum atomic E-state index is 12.7. The van der Waals surface area contributed by atoms with Gasteiger partial charge in [0.1, 0.15) is 5.60 Å². The molecule has 0 saturated heterocycles. The Labute approximate surface area is 139 Å². The summed E-state index contributed by atoms with van der Waals surface area (Å²) in [5.74, 6) is 0.279. The molecule has 0 aliphatic heterocycles. The lowest BCUT2D eigenvalue weighted by atomic mass is 9.50. The van der Waals surface area contributed by atoms with E-state index in [9.17, 15) is 9.90 Å². The third-order valence-electron chi connectivity index (χ3n) is 6.29. The van der Waals surface area contributed by atoms with Crippen LogP contribution in [-0.2, 0) is 14.3 Å². The Kier molecular flexibility index (Phi) is 4.08. The van der Waals surface area contributed by atoms with E-state index in [4.69, 9.17) is 9.47 Å².